The van der Waals surface area contributed by atoms with Crippen molar-refractivity contribution in [2.45, 2.75) is 6.61 Å². The third-order valence-electron chi connectivity index (χ3n) is 2.34. The van der Waals surface area contributed by atoms with Crippen LogP contribution in [0.3, 0.4) is 0 Å². The van der Waals surface area contributed by atoms with E-state index in [-0.39, 0.29) is 17.2 Å². The number of hydrogen-bond acceptors (Lipinski definition) is 4. The fraction of sp³-hybridized carbons (Fsp3) is 0.167. The van der Waals surface area contributed by atoms with Crippen LogP contribution in [-0.2, 0) is 11.3 Å². The van der Waals surface area contributed by atoms with E-state index >= 15 is 0 Å². The fourth-order valence-corrected chi connectivity index (χ4v) is 2.41. The van der Waals surface area contributed by atoms with Gasteiger partial charge in [-0.1, -0.05) is 0 Å². The van der Waals surface area contributed by atoms with Crippen LogP contribution in [-0.4, -0.2) is 23.2 Å². The molecule has 100 valence electrons. The predicted molar refractivity (Wildman–Crippen MR) is 65.1 cm³/mol. The topological polar surface area (TPSA) is 59.4 Å². The molecule has 4 nitrogen and oxygen atoms in total. The SMILES string of the molecule is COCc1nc(-c2ccc(F)c(F)c2)sc1C(=O)O. The van der Waals surface area contributed by atoms with Crippen LogP contribution < -0.4 is 0 Å². The molecule has 0 unspecified atom stereocenters. The van der Waals surface area contributed by atoms with Gasteiger partial charge in [-0.15, -0.1) is 11.3 Å². The summed E-state index contributed by atoms with van der Waals surface area (Å²) >= 11 is 0.895. The molecule has 2 aromatic rings. The highest BCUT2D eigenvalue weighted by Gasteiger charge is 2.18. The maximum atomic E-state index is 13.1. The summed E-state index contributed by atoms with van der Waals surface area (Å²) < 4.78 is 30.8. The molecular weight excluding hydrogens is 276 g/mol. The Labute approximate surface area is 111 Å². The minimum absolute atomic E-state index is 0.0292. The molecule has 0 radical (unpaired) electrons. The highest BCUT2D eigenvalue weighted by Crippen LogP contribution is 2.29. The number of carboxylic acids is 1. The molecule has 0 saturated heterocycles. The summed E-state index contributed by atoms with van der Waals surface area (Å²) in [5, 5.41) is 9.34. The molecule has 1 aromatic heterocycles. The number of rotatable bonds is 4. The number of ether oxygens (including phenoxy) is 1. The maximum Gasteiger partial charge on any atom is 0.347 e. The highest BCUT2D eigenvalue weighted by molar-refractivity contribution is 7.17. The summed E-state index contributed by atoms with van der Waals surface area (Å²) in [5.41, 5.74) is 0.591. The van der Waals surface area contributed by atoms with Gasteiger partial charge in [0, 0.05) is 12.7 Å². The molecule has 0 amide bonds. The van der Waals surface area contributed by atoms with E-state index in [4.69, 9.17) is 9.84 Å². The van der Waals surface area contributed by atoms with Gasteiger partial charge in [-0.05, 0) is 18.2 Å². The standard InChI is InChI=1S/C12H9F2NO3S/c1-18-5-9-10(12(16)17)19-11(15-9)6-2-3-7(13)8(14)4-6/h2-4H,5H2,1H3,(H,16,17). The quantitative estimate of drug-likeness (QED) is 0.938. The van der Waals surface area contributed by atoms with Gasteiger partial charge >= 0.3 is 5.97 Å². The lowest BCUT2D eigenvalue weighted by Gasteiger charge is -1.97. The molecule has 0 aliphatic rings. The highest BCUT2D eigenvalue weighted by atomic mass is 32.1. The maximum absolute atomic E-state index is 13.1. The second-order valence-electron chi connectivity index (χ2n) is 3.66. The number of carbonyl (C=O) groups is 1. The minimum Gasteiger partial charge on any atom is -0.477 e. The number of hydrogen-bond donors (Lipinski definition) is 1. The predicted octanol–water partition coefficient (Wildman–Crippen LogP) is 2.93. The van der Waals surface area contributed by atoms with Gasteiger partial charge in [0.1, 0.15) is 9.88 Å². The molecular formula is C12H9F2NO3S. The third-order valence-corrected chi connectivity index (χ3v) is 3.47. The smallest absolute Gasteiger partial charge is 0.347 e. The second-order valence-corrected chi connectivity index (χ2v) is 4.66. The number of aromatic nitrogens is 1. The van der Waals surface area contributed by atoms with Crippen LogP contribution in [0, 0.1) is 11.6 Å². The Balaban J connectivity index is 2.47. The first-order chi connectivity index (χ1) is 9.02. The van der Waals surface area contributed by atoms with E-state index < -0.39 is 17.6 Å². The first-order valence-electron chi connectivity index (χ1n) is 5.20. The number of methoxy groups -OCH3 is 1. The molecule has 19 heavy (non-hydrogen) atoms. The van der Waals surface area contributed by atoms with Gasteiger partial charge in [0.2, 0.25) is 0 Å². The van der Waals surface area contributed by atoms with Gasteiger partial charge in [-0.2, -0.15) is 0 Å². The molecule has 1 aromatic carbocycles. The lowest BCUT2D eigenvalue weighted by molar-refractivity contribution is 0.0697. The van der Waals surface area contributed by atoms with Crippen LogP contribution in [0.1, 0.15) is 15.4 Å². The first kappa shape index (κ1) is 13.6. The van der Waals surface area contributed by atoms with Crippen molar-refractivity contribution in [3.63, 3.8) is 0 Å². The van der Waals surface area contributed by atoms with Crippen LogP contribution in [0.25, 0.3) is 10.6 Å². The van der Waals surface area contributed by atoms with Crippen molar-refractivity contribution < 1.29 is 23.4 Å². The minimum atomic E-state index is -1.13. The normalized spacial score (nSPS) is 10.7. The van der Waals surface area contributed by atoms with Crippen molar-refractivity contribution in [2.24, 2.45) is 0 Å². The zero-order valence-electron chi connectivity index (χ0n) is 9.81. The average molecular weight is 285 g/mol. The second kappa shape index (κ2) is 5.41. The summed E-state index contributed by atoms with van der Waals surface area (Å²) in [6, 6.07) is 3.30. The Morgan fingerprint density at radius 3 is 2.74 bits per heavy atom. The van der Waals surface area contributed by atoms with Crippen molar-refractivity contribution in [1.29, 1.82) is 0 Å². The van der Waals surface area contributed by atoms with Crippen LogP contribution in [0.15, 0.2) is 18.2 Å². The molecule has 0 bridgehead atoms. The van der Waals surface area contributed by atoms with Gasteiger partial charge < -0.3 is 9.84 Å². The Bertz CT molecular complexity index is 627. The van der Waals surface area contributed by atoms with E-state index in [9.17, 15) is 13.6 Å². The zero-order valence-corrected chi connectivity index (χ0v) is 10.6. The number of halogens is 2. The first-order valence-corrected chi connectivity index (χ1v) is 6.02. The van der Waals surface area contributed by atoms with Crippen molar-refractivity contribution in [3.05, 3.63) is 40.4 Å². The van der Waals surface area contributed by atoms with E-state index in [1.165, 1.54) is 13.2 Å². The fourth-order valence-electron chi connectivity index (χ4n) is 1.51. The number of benzene rings is 1. The number of carboxylic acid groups (broad SMARTS) is 1. The Morgan fingerprint density at radius 1 is 1.42 bits per heavy atom. The summed E-state index contributed by atoms with van der Waals surface area (Å²) in [6.45, 7) is 0.0435. The Morgan fingerprint density at radius 2 is 2.16 bits per heavy atom. The van der Waals surface area contributed by atoms with Crippen molar-refractivity contribution in [2.75, 3.05) is 7.11 Å². The van der Waals surface area contributed by atoms with E-state index in [1.807, 2.05) is 0 Å². The summed E-state index contributed by atoms with van der Waals surface area (Å²) in [6.07, 6.45) is 0. The molecule has 1 heterocycles. The summed E-state index contributed by atoms with van der Waals surface area (Å²) in [4.78, 5) is 15.2. The van der Waals surface area contributed by atoms with Gasteiger partial charge in [0.25, 0.3) is 0 Å². The summed E-state index contributed by atoms with van der Waals surface area (Å²) in [7, 11) is 1.42. The third kappa shape index (κ3) is 2.77. The monoisotopic (exact) mass is 285 g/mol. The average Bonchev–Trinajstić information content (AvgIpc) is 2.77. The Kier molecular flexibility index (Phi) is 3.87. The van der Waals surface area contributed by atoms with Crippen molar-refractivity contribution in [1.82, 2.24) is 4.98 Å². The van der Waals surface area contributed by atoms with Gasteiger partial charge in [0.15, 0.2) is 11.6 Å². The van der Waals surface area contributed by atoms with Gasteiger partial charge in [0.05, 0.1) is 12.3 Å². The largest absolute Gasteiger partial charge is 0.477 e. The summed E-state index contributed by atoms with van der Waals surface area (Å²) in [5.74, 6) is -3.09. The molecule has 0 atom stereocenters. The molecule has 0 aliphatic carbocycles. The van der Waals surface area contributed by atoms with Crippen LogP contribution in [0.2, 0.25) is 0 Å². The lowest BCUT2D eigenvalue weighted by atomic mass is 10.2. The van der Waals surface area contributed by atoms with Crippen molar-refractivity contribution >= 4 is 17.3 Å². The molecule has 0 saturated carbocycles. The van der Waals surface area contributed by atoms with Gasteiger partial charge in [-0.25, -0.2) is 18.6 Å². The number of nitrogens with zero attached hydrogens (tertiary/aromatic N) is 1. The molecule has 0 fully saturated rings. The van der Waals surface area contributed by atoms with Crippen LogP contribution >= 0.6 is 11.3 Å². The molecule has 7 heteroatoms. The molecule has 1 N–H and O–H groups in total. The van der Waals surface area contributed by atoms with Gasteiger partial charge in [-0.3, -0.25) is 0 Å². The van der Waals surface area contributed by atoms with Crippen molar-refractivity contribution in [3.8, 4) is 10.6 Å². The van der Waals surface area contributed by atoms with E-state index in [2.05, 4.69) is 4.98 Å². The van der Waals surface area contributed by atoms with E-state index in [0.29, 0.717) is 10.6 Å². The molecule has 0 aliphatic heterocycles. The molecule has 0 spiro atoms. The lowest BCUT2D eigenvalue weighted by Crippen LogP contribution is -1.99. The van der Waals surface area contributed by atoms with E-state index in [1.54, 1.807) is 0 Å². The number of aromatic carboxylic acids is 1. The zero-order chi connectivity index (χ0) is 14.0. The Hall–Kier alpha value is -1.86. The van der Waals surface area contributed by atoms with Crippen LogP contribution in [0.5, 0.6) is 0 Å². The molecule has 2 rings (SSSR count). The number of thiazole rings is 1. The van der Waals surface area contributed by atoms with Crippen LogP contribution in [0.4, 0.5) is 8.78 Å². The van der Waals surface area contributed by atoms with E-state index in [0.717, 1.165) is 23.5 Å².